The van der Waals surface area contributed by atoms with Crippen LogP contribution in [0.25, 0.3) is 0 Å². The van der Waals surface area contributed by atoms with E-state index in [1.165, 1.54) is 0 Å². The molecule has 4 nitrogen and oxygen atoms in total. The maximum Gasteiger partial charge on any atom is 0.251 e. The Hall–Kier alpha value is -2.62. The van der Waals surface area contributed by atoms with Crippen molar-refractivity contribution >= 4 is 17.5 Å². The second-order valence-corrected chi connectivity index (χ2v) is 5.83. The summed E-state index contributed by atoms with van der Waals surface area (Å²) in [6.07, 6.45) is 0. The first-order valence-corrected chi connectivity index (χ1v) is 7.74. The van der Waals surface area contributed by atoms with E-state index in [-0.39, 0.29) is 11.8 Å². The van der Waals surface area contributed by atoms with Crippen molar-refractivity contribution in [3.8, 4) is 0 Å². The summed E-state index contributed by atoms with van der Waals surface area (Å²) in [5, 5.41) is 5.54. The zero-order chi connectivity index (χ0) is 16.8. The van der Waals surface area contributed by atoms with Gasteiger partial charge in [0.25, 0.3) is 5.91 Å². The van der Waals surface area contributed by atoms with Gasteiger partial charge in [0, 0.05) is 11.3 Å². The minimum atomic E-state index is -0.620. The Morgan fingerprint density at radius 2 is 1.61 bits per heavy atom. The second-order valence-electron chi connectivity index (χ2n) is 5.83. The minimum absolute atomic E-state index is 0.241. The number of benzene rings is 2. The lowest BCUT2D eigenvalue weighted by Gasteiger charge is -2.15. The van der Waals surface area contributed by atoms with E-state index in [0.717, 1.165) is 11.3 Å². The number of carbonyl (C=O) groups excluding carboxylic acids is 2. The van der Waals surface area contributed by atoms with Gasteiger partial charge >= 0.3 is 0 Å². The summed E-state index contributed by atoms with van der Waals surface area (Å²) >= 11 is 0. The molecule has 2 aromatic carbocycles. The summed E-state index contributed by atoms with van der Waals surface area (Å²) in [4.78, 5) is 24.3. The second kappa shape index (κ2) is 7.58. The van der Waals surface area contributed by atoms with Gasteiger partial charge in [-0.05, 0) is 42.7 Å². The van der Waals surface area contributed by atoms with Gasteiger partial charge < -0.3 is 10.6 Å². The topological polar surface area (TPSA) is 58.2 Å². The van der Waals surface area contributed by atoms with Crippen LogP contribution >= 0.6 is 0 Å². The van der Waals surface area contributed by atoms with E-state index in [2.05, 4.69) is 24.5 Å². The maximum absolute atomic E-state index is 12.2. The molecule has 0 saturated heterocycles. The zero-order valence-electron chi connectivity index (χ0n) is 13.7. The van der Waals surface area contributed by atoms with Crippen molar-refractivity contribution in [1.29, 1.82) is 0 Å². The number of anilines is 1. The van der Waals surface area contributed by atoms with Crippen molar-refractivity contribution in [3.05, 3.63) is 65.7 Å². The van der Waals surface area contributed by atoms with Gasteiger partial charge in [0.2, 0.25) is 5.91 Å². The van der Waals surface area contributed by atoms with Crippen molar-refractivity contribution in [2.45, 2.75) is 32.7 Å². The number of hydrogen-bond acceptors (Lipinski definition) is 2. The van der Waals surface area contributed by atoms with Crippen molar-refractivity contribution in [2.24, 2.45) is 0 Å². The van der Waals surface area contributed by atoms with Crippen LogP contribution in [0.1, 0.15) is 42.6 Å². The van der Waals surface area contributed by atoms with Gasteiger partial charge in [0.15, 0.2) is 0 Å². The maximum atomic E-state index is 12.2. The van der Waals surface area contributed by atoms with Crippen molar-refractivity contribution < 1.29 is 9.59 Å². The van der Waals surface area contributed by atoms with Crippen LogP contribution in [-0.2, 0) is 4.79 Å². The van der Waals surface area contributed by atoms with E-state index < -0.39 is 6.04 Å². The monoisotopic (exact) mass is 310 g/mol. The largest absolute Gasteiger partial charge is 0.341 e. The number of carbonyl (C=O) groups is 2. The fourth-order valence-corrected chi connectivity index (χ4v) is 2.16. The molecule has 2 rings (SSSR count). The SMILES string of the molecule is CC(NC(=O)c1ccccc1)C(=O)Nc1cccc(C(C)C)c1. The van der Waals surface area contributed by atoms with Crippen LogP contribution in [0, 0.1) is 0 Å². The molecule has 0 heterocycles. The molecule has 4 heteroatoms. The Bertz CT molecular complexity index is 681. The first-order chi connectivity index (χ1) is 11.0. The fraction of sp³-hybridized carbons (Fsp3) is 0.263. The fourth-order valence-electron chi connectivity index (χ4n) is 2.16. The smallest absolute Gasteiger partial charge is 0.251 e. The molecular weight excluding hydrogens is 288 g/mol. The Morgan fingerprint density at radius 1 is 0.913 bits per heavy atom. The van der Waals surface area contributed by atoms with E-state index >= 15 is 0 Å². The third kappa shape index (κ3) is 4.68. The first-order valence-electron chi connectivity index (χ1n) is 7.74. The molecule has 2 aromatic rings. The van der Waals surface area contributed by atoms with E-state index in [9.17, 15) is 9.59 Å². The van der Waals surface area contributed by atoms with Gasteiger partial charge in [0.1, 0.15) is 6.04 Å². The van der Waals surface area contributed by atoms with Gasteiger partial charge in [-0.15, -0.1) is 0 Å². The van der Waals surface area contributed by atoms with Gasteiger partial charge in [-0.3, -0.25) is 9.59 Å². The van der Waals surface area contributed by atoms with Gasteiger partial charge in [-0.1, -0.05) is 44.2 Å². The zero-order valence-corrected chi connectivity index (χ0v) is 13.7. The quantitative estimate of drug-likeness (QED) is 0.887. The molecule has 0 aromatic heterocycles. The molecule has 2 amide bonds. The highest BCUT2D eigenvalue weighted by Gasteiger charge is 2.16. The van der Waals surface area contributed by atoms with Crippen LogP contribution in [0.4, 0.5) is 5.69 Å². The summed E-state index contributed by atoms with van der Waals surface area (Å²) < 4.78 is 0. The summed E-state index contributed by atoms with van der Waals surface area (Å²) in [7, 11) is 0. The number of hydrogen-bond donors (Lipinski definition) is 2. The highest BCUT2D eigenvalue weighted by atomic mass is 16.2. The van der Waals surface area contributed by atoms with Crippen molar-refractivity contribution in [3.63, 3.8) is 0 Å². The van der Waals surface area contributed by atoms with Crippen molar-refractivity contribution in [1.82, 2.24) is 5.32 Å². The molecule has 23 heavy (non-hydrogen) atoms. The molecule has 0 aliphatic heterocycles. The Morgan fingerprint density at radius 3 is 2.26 bits per heavy atom. The molecule has 1 unspecified atom stereocenters. The summed E-state index contributed by atoms with van der Waals surface area (Å²) in [5.74, 6) is -0.110. The van der Waals surface area contributed by atoms with E-state index in [1.807, 2.05) is 30.3 Å². The average Bonchev–Trinajstić information content (AvgIpc) is 2.55. The highest BCUT2D eigenvalue weighted by molar-refractivity contribution is 6.00. The number of rotatable bonds is 5. The molecule has 0 spiro atoms. The lowest BCUT2D eigenvalue weighted by atomic mass is 10.0. The van der Waals surface area contributed by atoms with Crippen LogP contribution in [0.3, 0.4) is 0 Å². The Labute approximate surface area is 136 Å². The van der Waals surface area contributed by atoms with Crippen LogP contribution in [-0.4, -0.2) is 17.9 Å². The van der Waals surface area contributed by atoms with Gasteiger partial charge in [0.05, 0.1) is 0 Å². The number of nitrogens with one attached hydrogen (secondary N) is 2. The lowest BCUT2D eigenvalue weighted by Crippen LogP contribution is -2.41. The Kier molecular flexibility index (Phi) is 5.52. The van der Waals surface area contributed by atoms with Crippen LogP contribution < -0.4 is 10.6 Å². The first kappa shape index (κ1) is 16.7. The van der Waals surface area contributed by atoms with E-state index in [4.69, 9.17) is 0 Å². The molecule has 0 aliphatic carbocycles. The predicted molar refractivity (Wildman–Crippen MR) is 92.5 cm³/mol. The molecule has 0 radical (unpaired) electrons. The van der Waals surface area contributed by atoms with Crippen molar-refractivity contribution in [2.75, 3.05) is 5.32 Å². The van der Waals surface area contributed by atoms with E-state index in [0.29, 0.717) is 11.5 Å². The summed E-state index contributed by atoms with van der Waals surface area (Å²) in [5.41, 5.74) is 2.43. The molecule has 1 atom stereocenters. The van der Waals surface area contributed by atoms with Gasteiger partial charge in [-0.2, -0.15) is 0 Å². The predicted octanol–water partition coefficient (Wildman–Crippen LogP) is 3.57. The van der Waals surface area contributed by atoms with Crippen LogP contribution in [0.15, 0.2) is 54.6 Å². The highest BCUT2D eigenvalue weighted by Crippen LogP contribution is 2.18. The number of amides is 2. The summed E-state index contributed by atoms with van der Waals surface area (Å²) in [6, 6.07) is 16.0. The molecule has 0 saturated carbocycles. The third-order valence-corrected chi connectivity index (χ3v) is 3.60. The van der Waals surface area contributed by atoms with Crippen LogP contribution in [0.2, 0.25) is 0 Å². The molecule has 120 valence electrons. The molecule has 0 aliphatic rings. The summed E-state index contributed by atoms with van der Waals surface area (Å²) in [6.45, 7) is 5.87. The average molecular weight is 310 g/mol. The lowest BCUT2D eigenvalue weighted by molar-refractivity contribution is -0.117. The van der Waals surface area contributed by atoms with Crippen LogP contribution in [0.5, 0.6) is 0 Å². The normalized spacial score (nSPS) is 11.8. The molecular formula is C19H22N2O2. The third-order valence-electron chi connectivity index (χ3n) is 3.60. The standard InChI is InChI=1S/C19H22N2O2/c1-13(2)16-10-7-11-17(12-16)21-18(22)14(3)20-19(23)15-8-5-4-6-9-15/h4-14H,1-3H3,(H,20,23)(H,21,22). The Balaban J connectivity index is 1.97. The van der Waals surface area contributed by atoms with E-state index in [1.54, 1.807) is 31.2 Å². The molecule has 0 bridgehead atoms. The minimum Gasteiger partial charge on any atom is -0.341 e. The molecule has 0 fully saturated rings. The molecule has 2 N–H and O–H groups in total. The van der Waals surface area contributed by atoms with Gasteiger partial charge in [-0.25, -0.2) is 0 Å².